The Hall–Kier alpha value is -1.06. The molecule has 3 nitrogen and oxygen atoms in total. The van der Waals surface area contributed by atoms with Crippen LogP contribution in [-0.4, -0.2) is 5.84 Å². The summed E-state index contributed by atoms with van der Waals surface area (Å²) in [7, 11) is 0. The van der Waals surface area contributed by atoms with Crippen molar-refractivity contribution in [2.75, 3.05) is 0 Å². The molecule has 0 bridgehead atoms. The average molecular weight is 100 g/mol. The van der Waals surface area contributed by atoms with Crippen molar-refractivity contribution >= 4 is 5.84 Å². The highest BCUT2D eigenvalue weighted by atomic mass is 19.1. The minimum atomic E-state index is -0.627. The standard InChI is InChI=1S/C3H3FN3/c4-2-1-3(5)7-6-2/h1H,(H2,5,7). The lowest BCUT2D eigenvalue weighted by molar-refractivity contribution is 0.559. The number of rotatable bonds is 0. The van der Waals surface area contributed by atoms with Gasteiger partial charge in [-0.25, -0.2) is 0 Å². The van der Waals surface area contributed by atoms with Gasteiger partial charge < -0.3 is 5.73 Å². The van der Waals surface area contributed by atoms with Gasteiger partial charge in [0.15, 0.2) is 5.84 Å². The van der Waals surface area contributed by atoms with Crippen LogP contribution in [0.15, 0.2) is 17.1 Å². The molecule has 37 valence electrons. The van der Waals surface area contributed by atoms with E-state index in [0.29, 0.717) is 0 Å². The first-order valence-corrected chi connectivity index (χ1v) is 1.70. The SMILES string of the molecule is NC1=N[N]C(F)=C1. The third-order valence-electron chi connectivity index (χ3n) is 0.528. The summed E-state index contributed by atoms with van der Waals surface area (Å²) >= 11 is 0. The van der Waals surface area contributed by atoms with Crippen LogP contribution in [0.5, 0.6) is 0 Å². The van der Waals surface area contributed by atoms with Crippen molar-refractivity contribution in [3.63, 3.8) is 0 Å². The van der Waals surface area contributed by atoms with Gasteiger partial charge in [0.2, 0.25) is 5.95 Å². The molecule has 1 heterocycles. The molecule has 1 radical (unpaired) electrons. The molecule has 0 saturated heterocycles. The molecule has 0 aromatic rings. The van der Waals surface area contributed by atoms with Crippen LogP contribution in [0.25, 0.3) is 0 Å². The second-order valence-electron chi connectivity index (χ2n) is 1.09. The van der Waals surface area contributed by atoms with E-state index in [-0.39, 0.29) is 5.84 Å². The topological polar surface area (TPSA) is 52.5 Å². The van der Waals surface area contributed by atoms with Gasteiger partial charge in [0.05, 0.1) is 0 Å². The van der Waals surface area contributed by atoms with Gasteiger partial charge in [0.25, 0.3) is 0 Å². The summed E-state index contributed by atoms with van der Waals surface area (Å²) < 4.78 is 11.7. The van der Waals surface area contributed by atoms with Crippen LogP contribution in [0, 0.1) is 0 Å². The summed E-state index contributed by atoms with van der Waals surface area (Å²) in [6.45, 7) is 0. The third kappa shape index (κ3) is 0.677. The molecule has 1 aliphatic rings. The Bertz CT molecular complexity index is 137. The Balaban J connectivity index is 2.69. The van der Waals surface area contributed by atoms with Crippen molar-refractivity contribution in [2.45, 2.75) is 0 Å². The largest absolute Gasteiger partial charge is 0.382 e. The lowest BCUT2D eigenvalue weighted by Crippen LogP contribution is -2.04. The van der Waals surface area contributed by atoms with Gasteiger partial charge in [-0.3, -0.25) is 0 Å². The number of amidine groups is 1. The Morgan fingerprint density at radius 2 is 2.43 bits per heavy atom. The zero-order valence-electron chi connectivity index (χ0n) is 3.43. The lowest BCUT2D eigenvalue weighted by Gasteiger charge is -1.73. The number of halogens is 1. The number of nitrogens with two attached hydrogens (primary N) is 1. The van der Waals surface area contributed by atoms with E-state index in [1.807, 2.05) is 0 Å². The first kappa shape index (κ1) is 4.11. The second-order valence-corrected chi connectivity index (χ2v) is 1.09. The van der Waals surface area contributed by atoms with Gasteiger partial charge in [-0.2, -0.15) is 4.39 Å². The van der Waals surface area contributed by atoms with E-state index in [1.54, 1.807) is 0 Å². The molecular weight excluding hydrogens is 97.1 g/mol. The van der Waals surface area contributed by atoms with Gasteiger partial charge >= 0.3 is 0 Å². The van der Waals surface area contributed by atoms with Crippen LogP contribution in [-0.2, 0) is 0 Å². The normalized spacial score (nSPS) is 17.9. The van der Waals surface area contributed by atoms with E-state index in [1.165, 1.54) is 0 Å². The molecule has 0 spiro atoms. The molecule has 0 unspecified atom stereocenters. The molecule has 0 atom stereocenters. The molecule has 2 N–H and O–H groups in total. The van der Waals surface area contributed by atoms with E-state index in [4.69, 9.17) is 5.73 Å². The Morgan fingerprint density at radius 3 is 2.57 bits per heavy atom. The first-order chi connectivity index (χ1) is 3.29. The highest BCUT2D eigenvalue weighted by Gasteiger charge is 2.02. The summed E-state index contributed by atoms with van der Waals surface area (Å²) in [6.07, 6.45) is 1.06. The van der Waals surface area contributed by atoms with Gasteiger partial charge in [-0.1, -0.05) is 0 Å². The van der Waals surface area contributed by atoms with Crippen molar-refractivity contribution in [1.82, 2.24) is 5.43 Å². The summed E-state index contributed by atoms with van der Waals surface area (Å²) in [6, 6.07) is 0. The van der Waals surface area contributed by atoms with E-state index in [0.717, 1.165) is 6.08 Å². The van der Waals surface area contributed by atoms with Crippen LogP contribution >= 0.6 is 0 Å². The maximum Gasteiger partial charge on any atom is 0.237 e. The molecule has 0 aliphatic carbocycles. The molecule has 0 saturated carbocycles. The lowest BCUT2D eigenvalue weighted by atomic mass is 10.6. The van der Waals surface area contributed by atoms with E-state index < -0.39 is 5.95 Å². The van der Waals surface area contributed by atoms with E-state index in [2.05, 4.69) is 10.5 Å². The molecule has 1 aliphatic heterocycles. The van der Waals surface area contributed by atoms with Crippen LogP contribution in [0.4, 0.5) is 4.39 Å². The summed E-state index contributed by atoms with van der Waals surface area (Å²) in [5, 5.41) is 3.17. The quantitative estimate of drug-likeness (QED) is 0.417. The average Bonchev–Trinajstić information content (AvgIpc) is 1.87. The smallest absolute Gasteiger partial charge is 0.237 e. The summed E-state index contributed by atoms with van der Waals surface area (Å²) in [5.74, 6) is -0.505. The van der Waals surface area contributed by atoms with E-state index in [9.17, 15) is 4.39 Å². The van der Waals surface area contributed by atoms with Crippen LogP contribution < -0.4 is 11.2 Å². The van der Waals surface area contributed by atoms with Crippen molar-refractivity contribution in [3.8, 4) is 0 Å². The first-order valence-electron chi connectivity index (χ1n) is 1.70. The predicted molar refractivity (Wildman–Crippen MR) is 22.9 cm³/mol. The maximum atomic E-state index is 11.7. The highest BCUT2D eigenvalue weighted by molar-refractivity contribution is 5.92. The van der Waals surface area contributed by atoms with Crippen molar-refractivity contribution < 1.29 is 4.39 Å². The molecule has 0 amide bonds. The molecule has 0 fully saturated rings. The molecule has 7 heavy (non-hydrogen) atoms. The number of hydrogen-bond acceptors (Lipinski definition) is 2. The number of hydrogen-bond donors (Lipinski definition) is 1. The van der Waals surface area contributed by atoms with Crippen LogP contribution in [0.3, 0.4) is 0 Å². The molecule has 0 aromatic carbocycles. The third-order valence-corrected chi connectivity index (χ3v) is 0.528. The van der Waals surface area contributed by atoms with Gasteiger partial charge in [0, 0.05) is 6.08 Å². The minimum absolute atomic E-state index is 0.123. The van der Waals surface area contributed by atoms with Gasteiger partial charge in [0.1, 0.15) is 0 Å². The Morgan fingerprint density at radius 1 is 1.71 bits per heavy atom. The molecular formula is C3H3FN3. The number of nitrogens with zero attached hydrogens (tertiary/aromatic N) is 2. The van der Waals surface area contributed by atoms with Gasteiger partial charge in [-0.05, 0) is 0 Å². The fourth-order valence-electron chi connectivity index (χ4n) is 0.285. The Kier molecular flexibility index (Phi) is 0.714. The van der Waals surface area contributed by atoms with Crippen molar-refractivity contribution in [3.05, 3.63) is 12.0 Å². The second kappa shape index (κ2) is 1.22. The van der Waals surface area contributed by atoms with Crippen LogP contribution in [0.1, 0.15) is 0 Å². The molecule has 4 heteroatoms. The predicted octanol–water partition coefficient (Wildman–Crippen LogP) is -0.313. The highest BCUT2D eigenvalue weighted by Crippen LogP contribution is 1.97. The fourth-order valence-corrected chi connectivity index (χ4v) is 0.285. The van der Waals surface area contributed by atoms with Crippen molar-refractivity contribution in [1.29, 1.82) is 0 Å². The minimum Gasteiger partial charge on any atom is -0.382 e. The summed E-state index contributed by atoms with van der Waals surface area (Å²) in [4.78, 5) is 0. The zero-order valence-corrected chi connectivity index (χ0v) is 3.43. The van der Waals surface area contributed by atoms with Crippen molar-refractivity contribution in [2.24, 2.45) is 10.8 Å². The summed E-state index contributed by atoms with van der Waals surface area (Å²) in [5.41, 5.74) is 7.94. The monoisotopic (exact) mass is 100 g/mol. The van der Waals surface area contributed by atoms with Crippen LogP contribution in [0.2, 0.25) is 0 Å². The van der Waals surface area contributed by atoms with E-state index >= 15 is 0 Å². The zero-order chi connectivity index (χ0) is 5.28. The maximum absolute atomic E-state index is 11.7. The molecule has 0 aromatic heterocycles. The van der Waals surface area contributed by atoms with Gasteiger partial charge in [-0.15, -0.1) is 10.5 Å². The molecule has 1 rings (SSSR count). The fraction of sp³-hybridized carbons (Fsp3) is 0. The Labute approximate surface area is 39.7 Å².